The summed E-state index contributed by atoms with van der Waals surface area (Å²) in [5.74, 6) is 1.11. The Morgan fingerprint density at radius 2 is 2.14 bits per heavy atom. The van der Waals surface area contributed by atoms with Crippen LogP contribution in [0.25, 0.3) is 0 Å². The van der Waals surface area contributed by atoms with Crippen molar-refractivity contribution in [3.8, 4) is 0 Å². The second-order valence-corrected chi connectivity index (χ2v) is 5.38. The number of aryl methyl sites for hydroxylation is 2. The first kappa shape index (κ1) is 15.6. The topological polar surface area (TPSA) is 62.5 Å². The minimum absolute atomic E-state index is 0.192. The Labute approximate surface area is 128 Å². The first-order chi connectivity index (χ1) is 9.97. The molecule has 4 nitrogen and oxygen atoms in total. The molecule has 1 aromatic heterocycles. The number of carbonyl (C=O) groups excluding carboxylic acids is 1. The zero-order valence-corrected chi connectivity index (χ0v) is 12.8. The Balaban J connectivity index is 1.87. The van der Waals surface area contributed by atoms with Crippen LogP contribution in [0.3, 0.4) is 0 Å². The maximum atomic E-state index is 12.0. The van der Waals surface area contributed by atoms with Crippen molar-refractivity contribution in [2.24, 2.45) is 0 Å². The molecule has 0 bridgehead atoms. The molecule has 2 aromatic rings. The molecule has 0 aliphatic rings. The molecule has 1 amide bonds. The number of rotatable bonds is 5. The van der Waals surface area contributed by atoms with Gasteiger partial charge in [-0.2, -0.15) is 0 Å². The second kappa shape index (κ2) is 6.78. The lowest BCUT2D eigenvalue weighted by Gasteiger charge is -2.11. The smallest absolute Gasteiger partial charge is 0.254 e. The molecule has 112 valence electrons. The Hall–Kier alpha value is -1.78. The third-order valence-electron chi connectivity index (χ3n) is 3.22. The molecule has 0 aliphatic heterocycles. The monoisotopic (exact) mass is 307 g/mol. The summed E-state index contributed by atoms with van der Waals surface area (Å²) in [5.41, 5.74) is 1.27. The van der Waals surface area contributed by atoms with Crippen molar-refractivity contribution in [1.82, 2.24) is 5.32 Å². The van der Waals surface area contributed by atoms with Crippen LogP contribution in [0.2, 0.25) is 5.02 Å². The average molecular weight is 308 g/mol. The molecule has 1 atom stereocenters. The fraction of sp³-hybridized carbons (Fsp3) is 0.312. The predicted octanol–water partition coefficient (Wildman–Crippen LogP) is 3.40. The number of amides is 1. The Morgan fingerprint density at radius 1 is 1.38 bits per heavy atom. The van der Waals surface area contributed by atoms with Crippen molar-refractivity contribution in [2.75, 3.05) is 6.54 Å². The van der Waals surface area contributed by atoms with Gasteiger partial charge in [-0.05, 0) is 44.0 Å². The highest BCUT2D eigenvalue weighted by molar-refractivity contribution is 6.30. The largest absolute Gasteiger partial charge is 0.466 e. The Kier molecular flexibility index (Phi) is 5.04. The van der Waals surface area contributed by atoms with Crippen molar-refractivity contribution in [3.05, 3.63) is 58.0 Å². The standard InChI is InChI=1S/C16H18ClNO3/c1-10-8-14(11(2)21-10)16(20)18-7-6-15(19)12-4-3-5-13(17)9-12/h3-5,8-9,15,19H,6-7H2,1-2H3,(H,18,20)/t15-/m0/s1. The van der Waals surface area contributed by atoms with Gasteiger partial charge < -0.3 is 14.8 Å². The van der Waals surface area contributed by atoms with Gasteiger partial charge in [0.05, 0.1) is 11.7 Å². The summed E-state index contributed by atoms with van der Waals surface area (Å²) < 4.78 is 5.32. The number of carbonyl (C=O) groups is 1. The number of halogens is 1. The van der Waals surface area contributed by atoms with Crippen LogP contribution in [-0.4, -0.2) is 17.6 Å². The quantitative estimate of drug-likeness (QED) is 0.890. The van der Waals surface area contributed by atoms with Crippen molar-refractivity contribution in [3.63, 3.8) is 0 Å². The van der Waals surface area contributed by atoms with Gasteiger partial charge in [-0.25, -0.2) is 0 Å². The van der Waals surface area contributed by atoms with E-state index in [0.29, 0.717) is 35.1 Å². The molecular formula is C16H18ClNO3. The molecule has 0 saturated heterocycles. The fourth-order valence-electron chi connectivity index (χ4n) is 2.15. The van der Waals surface area contributed by atoms with Crippen LogP contribution in [0.4, 0.5) is 0 Å². The summed E-state index contributed by atoms with van der Waals surface area (Å²) in [5, 5.41) is 13.4. The van der Waals surface area contributed by atoms with Crippen LogP contribution in [0.15, 0.2) is 34.7 Å². The van der Waals surface area contributed by atoms with Gasteiger partial charge in [0.25, 0.3) is 5.91 Å². The van der Waals surface area contributed by atoms with E-state index >= 15 is 0 Å². The molecule has 0 fully saturated rings. The van der Waals surface area contributed by atoms with Crippen LogP contribution in [-0.2, 0) is 0 Å². The number of hydrogen-bond acceptors (Lipinski definition) is 3. The molecule has 0 radical (unpaired) electrons. The van der Waals surface area contributed by atoms with Crippen molar-refractivity contribution >= 4 is 17.5 Å². The number of furan rings is 1. The third kappa shape index (κ3) is 4.09. The SMILES string of the molecule is Cc1cc(C(=O)NCC[C@H](O)c2cccc(Cl)c2)c(C)o1. The number of aliphatic hydroxyl groups is 1. The highest BCUT2D eigenvalue weighted by atomic mass is 35.5. The average Bonchev–Trinajstić information content (AvgIpc) is 2.77. The molecule has 21 heavy (non-hydrogen) atoms. The van der Waals surface area contributed by atoms with E-state index in [9.17, 15) is 9.90 Å². The maximum Gasteiger partial charge on any atom is 0.254 e. The van der Waals surface area contributed by atoms with Gasteiger partial charge in [-0.3, -0.25) is 4.79 Å². The lowest BCUT2D eigenvalue weighted by molar-refractivity contribution is 0.0941. The highest BCUT2D eigenvalue weighted by Gasteiger charge is 2.14. The van der Waals surface area contributed by atoms with Gasteiger partial charge in [-0.15, -0.1) is 0 Å². The summed E-state index contributed by atoms with van der Waals surface area (Å²) in [4.78, 5) is 12.0. The van der Waals surface area contributed by atoms with E-state index in [1.165, 1.54) is 0 Å². The van der Waals surface area contributed by atoms with Crippen molar-refractivity contribution < 1.29 is 14.3 Å². The van der Waals surface area contributed by atoms with E-state index in [1.54, 1.807) is 38.1 Å². The van der Waals surface area contributed by atoms with Crippen molar-refractivity contribution in [2.45, 2.75) is 26.4 Å². The highest BCUT2D eigenvalue weighted by Crippen LogP contribution is 2.20. The van der Waals surface area contributed by atoms with Gasteiger partial charge in [0, 0.05) is 11.6 Å². The molecule has 0 aliphatic carbocycles. The van der Waals surface area contributed by atoms with E-state index in [-0.39, 0.29) is 5.91 Å². The molecule has 2 rings (SSSR count). The Bertz CT molecular complexity index is 636. The molecular weight excluding hydrogens is 290 g/mol. The predicted molar refractivity (Wildman–Crippen MR) is 81.5 cm³/mol. The normalized spacial score (nSPS) is 12.2. The molecule has 1 heterocycles. The van der Waals surface area contributed by atoms with Crippen LogP contribution in [0.5, 0.6) is 0 Å². The van der Waals surface area contributed by atoms with Gasteiger partial charge in [-0.1, -0.05) is 23.7 Å². The number of nitrogens with one attached hydrogen (secondary N) is 1. The summed E-state index contributed by atoms with van der Waals surface area (Å²) >= 11 is 5.88. The molecule has 5 heteroatoms. The van der Waals surface area contributed by atoms with Crippen LogP contribution < -0.4 is 5.32 Å². The fourth-order valence-corrected chi connectivity index (χ4v) is 2.35. The van der Waals surface area contributed by atoms with Crippen molar-refractivity contribution in [1.29, 1.82) is 0 Å². The zero-order chi connectivity index (χ0) is 15.4. The van der Waals surface area contributed by atoms with Gasteiger partial charge in [0.1, 0.15) is 11.5 Å². The summed E-state index contributed by atoms with van der Waals surface area (Å²) in [6.07, 6.45) is -0.238. The number of benzene rings is 1. The van der Waals surface area contributed by atoms with E-state index in [2.05, 4.69) is 5.32 Å². The van der Waals surface area contributed by atoms with Crippen LogP contribution in [0, 0.1) is 13.8 Å². The van der Waals surface area contributed by atoms with Crippen LogP contribution >= 0.6 is 11.6 Å². The lowest BCUT2D eigenvalue weighted by atomic mass is 10.1. The summed E-state index contributed by atoms with van der Waals surface area (Å²) in [6.45, 7) is 3.92. The maximum absolute atomic E-state index is 12.0. The molecule has 0 spiro atoms. The minimum atomic E-state index is -0.656. The number of hydrogen-bond donors (Lipinski definition) is 2. The zero-order valence-electron chi connectivity index (χ0n) is 12.0. The summed E-state index contributed by atoms with van der Waals surface area (Å²) in [6, 6.07) is 8.78. The van der Waals surface area contributed by atoms with E-state index < -0.39 is 6.10 Å². The van der Waals surface area contributed by atoms with Gasteiger partial charge in [0.2, 0.25) is 0 Å². The van der Waals surface area contributed by atoms with Crippen LogP contribution in [0.1, 0.15) is 40.0 Å². The minimum Gasteiger partial charge on any atom is -0.466 e. The number of aliphatic hydroxyl groups excluding tert-OH is 1. The van der Waals surface area contributed by atoms with E-state index in [4.69, 9.17) is 16.0 Å². The Morgan fingerprint density at radius 3 is 2.76 bits per heavy atom. The van der Waals surface area contributed by atoms with E-state index in [1.807, 2.05) is 6.07 Å². The van der Waals surface area contributed by atoms with Gasteiger partial charge in [0.15, 0.2) is 0 Å². The third-order valence-corrected chi connectivity index (χ3v) is 3.46. The molecule has 0 saturated carbocycles. The molecule has 0 unspecified atom stereocenters. The van der Waals surface area contributed by atoms with Gasteiger partial charge >= 0.3 is 0 Å². The first-order valence-corrected chi connectivity index (χ1v) is 7.14. The first-order valence-electron chi connectivity index (χ1n) is 6.76. The van der Waals surface area contributed by atoms with E-state index in [0.717, 1.165) is 5.56 Å². The second-order valence-electron chi connectivity index (χ2n) is 4.94. The molecule has 2 N–H and O–H groups in total. The summed E-state index contributed by atoms with van der Waals surface area (Å²) in [7, 11) is 0. The lowest BCUT2D eigenvalue weighted by Crippen LogP contribution is -2.25. The molecule has 1 aromatic carbocycles.